The zero-order chi connectivity index (χ0) is 17.2. The molecule has 2 atom stereocenters. The Bertz CT molecular complexity index is 721. The second-order valence-electron chi connectivity index (χ2n) is 6.75. The van der Waals surface area contributed by atoms with Crippen molar-refractivity contribution in [1.29, 1.82) is 0 Å². The lowest BCUT2D eigenvalue weighted by Crippen LogP contribution is -2.46. The fourth-order valence-electron chi connectivity index (χ4n) is 3.72. The number of benzene rings is 1. The molecule has 2 aliphatic rings. The van der Waals surface area contributed by atoms with Gasteiger partial charge in [0.2, 0.25) is 5.95 Å². The molecule has 2 unspecified atom stereocenters. The molecule has 2 aliphatic heterocycles. The van der Waals surface area contributed by atoms with Crippen LogP contribution >= 0.6 is 0 Å². The van der Waals surface area contributed by atoms with Gasteiger partial charge in [0.15, 0.2) is 0 Å². The number of ether oxygens (including phenoxy) is 1. The Morgan fingerprint density at radius 2 is 1.88 bits per heavy atom. The maximum Gasteiger partial charge on any atom is 0.229 e. The van der Waals surface area contributed by atoms with E-state index in [4.69, 9.17) is 9.72 Å². The molecule has 0 radical (unpaired) electrons. The molecule has 3 heterocycles. The highest BCUT2D eigenvalue weighted by molar-refractivity contribution is 5.56. The molecule has 0 amide bonds. The molecule has 132 valence electrons. The van der Waals surface area contributed by atoms with Crippen molar-refractivity contribution < 1.29 is 9.13 Å². The predicted octanol–water partition coefficient (Wildman–Crippen LogP) is 3.68. The topological polar surface area (TPSA) is 50.3 Å². The third-order valence-electron chi connectivity index (χ3n) is 4.88. The number of nitrogens with zero attached hydrogens (tertiary/aromatic N) is 3. The molecule has 25 heavy (non-hydrogen) atoms. The standard InChI is InChI=1S/C19H23FN4O/c1-2-3-15-10-18(24-16-8-9-17(24)12-25-11-16)23-19(22-15)21-14-6-4-13(20)5-7-14/h4-7,10,16-17H,2-3,8-9,11-12H2,1H3,(H,21,22,23). The third kappa shape index (κ3) is 3.44. The van der Waals surface area contributed by atoms with Crippen LogP contribution in [0.25, 0.3) is 0 Å². The van der Waals surface area contributed by atoms with Gasteiger partial charge in [-0.3, -0.25) is 0 Å². The molecule has 0 spiro atoms. The van der Waals surface area contributed by atoms with E-state index in [9.17, 15) is 4.39 Å². The summed E-state index contributed by atoms with van der Waals surface area (Å²) in [6.45, 7) is 3.68. The summed E-state index contributed by atoms with van der Waals surface area (Å²) < 4.78 is 18.8. The zero-order valence-corrected chi connectivity index (χ0v) is 14.4. The zero-order valence-electron chi connectivity index (χ0n) is 14.4. The highest BCUT2D eigenvalue weighted by Crippen LogP contribution is 2.33. The Labute approximate surface area is 147 Å². The number of hydrogen-bond acceptors (Lipinski definition) is 5. The Morgan fingerprint density at radius 1 is 1.16 bits per heavy atom. The van der Waals surface area contributed by atoms with Crippen LogP contribution in [0.1, 0.15) is 31.9 Å². The van der Waals surface area contributed by atoms with Crippen LogP contribution in [-0.2, 0) is 11.2 Å². The number of morpholine rings is 1. The lowest BCUT2D eigenvalue weighted by Gasteiger charge is -2.35. The first-order chi connectivity index (χ1) is 12.2. The van der Waals surface area contributed by atoms with Gasteiger partial charge in [-0.1, -0.05) is 13.3 Å². The molecule has 2 bridgehead atoms. The van der Waals surface area contributed by atoms with Gasteiger partial charge < -0.3 is 15.0 Å². The molecular weight excluding hydrogens is 319 g/mol. The molecule has 1 N–H and O–H groups in total. The summed E-state index contributed by atoms with van der Waals surface area (Å²) in [7, 11) is 0. The summed E-state index contributed by atoms with van der Waals surface area (Å²) in [5.41, 5.74) is 1.81. The van der Waals surface area contributed by atoms with Crippen LogP contribution in [0.5, 0.6) is 0 Å². The smallest absolute Gasteiger partial charge is 0.229 e. The Balaban J connectivity index is 1.65. The summed E-state index contributed by atoms with van der Waals surface area (Å²) in [4.78, 5) is 11.8. The first-order valence-corrected chi connectivity index (χ1v) is 8.99. The molecule has 4 rings (SSSR count). The molecule has 6 heteroatoms. The number of rotatable bonds is 5. The van der Waals surface area contributed by atoms with Crippen LogP contribution in [-0.4, -0.2) is 35.3 Å². The number of nitrogens with one attached hydrogen (secondary N) is 1. The quantitative estimate of drug-likeness (QED) is 0.898. The van der Waals surface area contributed by atoms with Crippen LogP contribution in [0.4, 0.5) is 21.8 Å². The van der Waals surface area contributed by atoms with Crippen molar-refractivity contribution >= 4 is 17.5 Å². The van der Waals surface area contributed by atoms with Crippen molar-refractivity contribution in [3.8, 4) is 0 Å². The number of fused-ring (bicyclic) bond motifs is 2. The van der Waals surface area contributed by atoms with E-state index >= 15 is 0 Å². The molecule has 0 saturated carbocycles. The average Bonchev–Trinajstić information content (AvgIpc) is 2.86. The van der Waals surface area contributed by atoms with E-state index in [-0.39, 0.29) is 5.82 Å². The maximum absolute atomic E-state index is 13.1. The summed E-state index contributed by atoms with van der Waals surface area (Å²) >= 11 is 0. The van der Waals surface area contributed by atoms with Crippen molar-refractivity contribution in [3.05, 3.63) is 41.8 Å². The van der Waals surface area contributed by atoms with Crippen molar-refractivity contribution in [1.82, 2.24) is 9.97 Å². The van der Waals surface area contributed by atoms with E-state index in [1.807, 2.05) is 0 Å². The third-order valence-corrected chi connectivity index (χ3v) is 4.88. The van der Waals surface area contributed by atoms with Gasteiger partial charge in [0.25, 0.3) is 0 Å². The molecule has 2 fully saturated rings. The summed E-state index contributed by atoms with van der Waals surface area (Å²) in [6, 6.07) is 9.18. The van der Waals surface area contributed by atoms with Crippen LogP contribution in [0, 0.1) is 5.82 Å². The lowest BCUT2D eigenvalue weighted by molar-refractivity contribution is 0.0902. The first-order valence-electron chi connectivity index (χ1n) is 8.99. The van der Waals surface area contributed by atoms with Crippen molar-refractivity contribution in [3.63, 3.8) is 0 Å². The van der Waals surface area contributed by atoms with E-state index in [0.717, 1.165) is 56.1 Å². The van der Waals surface area contributed by atoms with Gasteiger partial charge in [0.1, 0.15) is 11.6 Å². The maximum atomic E-state index is 13.1. The second-order valence-corrected chi connectivity index (χ2v) is 6.75. The second kappa shape index (κ2) is 6.96. The van der Waals surface area contributed by atoms with Gasteiger partial charge in [-0.25, -0.2) is 9.37 Å². The molecule has 1 aromatic carbocycles. The number of anilines is 3. The highest BCUT2D eigenvalue weighted by atomic mass is 19.1. The molecule has 1 aromatic heterocycles. The SMILES string of the molecule is CCCc1cc(N2C3CCC2COC3)nc(Nc2ccc(F)cc2)n1. The van der Waals surface area contributed by atoms with Gasteiger partial charge >= 0.3 is 0 Å². The Morgan fingerprint density at radius 3 is 2.56 bits per heavy atom. The van der Waals surface area contributed by atoms with E-state index in [0.29, 0.717) is 18.0 Å². The van der Waals surface area contributed by atoms with E-state index in [1.165, 1.54) is 12.1 Å². The van der Waals surface area contributed by atoms with Gasteiger partial charge in [0, 0.05) is 17.4 Å². The van der Waals surface area contributed by atoms with Crippen LogP contribution in [0.2, 0.25) is 0 Å². The molecular formula is C19H23FN4O. The molecule has 0 aliphatic carbocycles. The van der Waals surface area contributed by atoms with Gasteiger partial charge in [-0.2, -0.15) is 4.98 Å². The van der Waals surface area contributed by atoms with E-state index < -0.39 is 0 Å². The number of aromatic nitrogens is 2. The van der Waals surface area contributed by atoms with Crippen LogP contribution < -0.4 is 10.2 Å². The monoisotopic (exact) mass is 342 g/mol. The minimum Gasteiger partial charge on any atom is -0.377 e. The Hall–Kier alpha value is -2.21. The first kappa shape index (κ1) is 16.3. The van der Waals surface area contributed by atoms with Gasteiger partial charge in [0.05, 0.1) is 25.3 Å². The van der Waals surface area contributed by atoms with Gasteiger partial charge in [-0.15, -0.1) is 0 Å². The molecule has 2 saturated heterocycles. The minimum atomic E-state index is -0.253. The van der Waals surface area contributed by atoms with Gasteiger partial charge in [-0.05, 0) is 43.5 Å². The predicted molar refractivity (Wildman–Crippen MR) is 95.8 cm³/mol. The van der Waals surface area contributed by atoms with Crippen molar-refractivity contribution in [2.24, 2.45) is 0 Å². The summed E-state index contributed by atoms with van der Waals surface area (Å²) in [5.74, 6) is 1.29. The van der Waals surface area contributed by atoms with Crippen LogP contribution in [0.15, 0.2) is 30.3 Å². The van der Waals surface area contributed by atoms with Crippen LogP contribution in [0.3, 0.4) is 0 Å². The largest absolute Gasteiger partial charge is 0.377 e. The molecule has 5 nitrogen and oxygen atoms in total. The van der Waals surface area contributed by atoms with Crippen molar-refractivity contribution in [2.75, 3.05) is 23.4 Å². The van der Waals surface area contributed by atoms with E-state index in [2.05, 4.69) is 28.2 Å². The fraction of sp³-hybridized carbons (Fsp3) is 0.474. The minimum absolute atomic E-state index is 0.253. The number of aryl methyl sites for hydroxylation is 1. The highest BCUT2D eigenvalue weighted by Gasteiger charge is 2.38. The average molecular weight is 342 g/mol. The summed E-state index contributed by atoms with van der Waals surface area (Å²) in [5, 5.41) is 3.21. The lowest BCUT2D eigenvalue weighted by atomic mass is 10.2. The van der Waals surface area contributed by atoms with E-state index in [1.54, 1.807) is 12.1 Å². The number of halogens is 1. The van der Waals surface area contributed by atoms with Crippen molar-refractivity contribution in [2.45, 2.75) is 44.7 Å². The summed E-state index contributed by atoms with van der Waals surface area (Å²) in [6.07, 6.45) is 4.24. The Kier molecular flexibility index (Phi) is 4.53. The normalized spacial score (nSPS) is 22.2. The molecule has 2 aromatic rings. The number of hydrogen-bond donors (Lipinski definition) is 1. The fourth-order valence-corrected chi connectivity index (χ4v) is 3.72.